The van der Waals surface area contributed by atoms with Gasteiger partial charge in [0.2, 0.25) is 11.8 Å². The number of nitrogens with zero attached hydrogens (tertiary/aromatic N) is 2. The molecule has 2 amide bonds. The fourth-order valence-corrected chi connectivity index (χ4v) is 11.4. The van der Waals surface area contributed by atoms with E-state index < -0.39 is 65.4 Å². The summed E-state index contributed by atoms with van der Waals surface area (Å²) < 4.78 is 42.1. The number of hydrogen-bond acceptors (Lipinski definition) is 15. The highest BCUT2D eigenvalue weighted by Gasteiger charge is 3.01. The van der Waals surface area contributed by atoms with E-state index in [4.69, 9.17) is 33.2 Å². The summed E-state index contributed by atoms with van der Waals surface area (Å²) in [5.41, 5.74) is -0.895. The van der Waals surface area contributed by atoms with Crippen molar-refractivity contribution in [2.75, 3.05) is 39.4 Å². The van der Waals surface area contributed by atoms with Crippen LogP contribution in [0.3, 0.4) is 0 Å². The SMILES string of the molecule is CC(C)[C@]12O[C@H]1[C@@H]1O[C@]13[C@]1(O[C@H]1C[C@H]1C4=C(CC[C@@]13C)C(=O)OC4)[C@@H]2OC(=O)CCC(=O)N1CCN(C(=O)CCC(=O)OC[C@H]2OC(O)[C@H](C)[C@@H](O)[C@@H]2O)CC1. The van der Waals surface area contributed by atoms with E-state index in [1.807, 2.05) is 0 Å². The maximum Gasteiger partial charge on any atom is 0.334 e. The number of carbonyl (C=O) groups excluding carboxylic acids is 5. The van der Waals surface area contributed by atoms with Gasteiger partial charge in [0.15, 0.2) is 18.0 Å². The van der Waals surface area contributed by atoms with Gasteiger partial charge in [0, 0.05) is 55.9 Å². The molecule has 17 heteroatoms. The molecular weight excluding hydrogens is 736 g/mol. The summed E-state index contributed by atoms with van der Waals surface area (Å²) in [7, 11) is 0. The minimum absolute atomic E-state index is 0.00392. The van der Waals surface area contributed by atoms with E-state index >= 15 is 0 Å². The van der Waals surface area contributed by atoms with Crippen molar-refractivity contribution in [1.82, 2.24) is 9.80 Å². The zero-order chi connectivity index (χ0) is 39.7. The highest BCUT2D eigenvalue weighted by atomic mass is 16.8. The van der Waals surface area contributed by atoms with Crippen LogP contribution in [0.4, 0.5) is 0 Å². The van der Waals surface area contributed by atoms with Crippen LogP contribution >= 0.6 is 0 Å². The number of carbonyl (C=O) groups is 5. The molecule has 308 valence electrons. The quantitative estimate of drug-likeness (QED) is 0.144. The fraction of sp³-hybridized carbons (Fsp3) is 0.821. The summed E-state index contributed by atoms with van der Waals surface area (Å²) in [5, 5.41) is 30.1. The van der Waals surface area contributed by atoms with Crippen molar-refractivity contribution in [1.29, 1.82) is 0 Å². The van der Waals surface area contributed by atoms with Crippen molar-refractivity contribution >= 4 is 29.7 Å². The van der Waals surface area contributed by atoms with E-state index in [0.717, 1.165) is 17.6 Å². The lowest BCUT2D eigenvalue weighted by Crippen LogP contribution is -2.70. The predicted molar refractivity (Wildman–Crippen MR) is 186 cm³/mol. The molecule has 6 heterocycles. The number of ether oxygens (including phenoxy) is 7. The minimum atomic E-state index is -1.34. The molecule has 2 saturated carbocycles. The van der Waals surface area contributed by atoms with Gasteiger partial charge in [-0.05, 0) is 36.7 Å². The van der Waals surface area contributed by atoms with Crippen LogP contribution in [0.2, 0.25) is 0 Å². The highest BCUT2D eigenvalue weighted by Crippen LogP contribution is 2.83. The van der Waals surface area contributed by atoms with Gasteiger partial charge in [-0.15, -0.1) is 0 Å². The molecule has 1 unspecified atom stereocenters. The zero-order valence-electron chi connectivity index (χ0n) is 32.2. The van der Waals surface area contributed by atoms with E-state index in [1.54, 1.807) is 9.80 Å². The van der Waals surface area contributed by atoms with Gasteiger partial charge in [-0.1, -0.05) is 27.7 Å². The van der Waals surface area contributed by atoms with Crippen molar-refractivity contribution in [2.45, 2.75) is 138 Å². The molecular formula is C39H52N2O15. The van der Waals surface area contributed by atoms with Crippen molar-refractivity contribution in [3.8, 4) is 0 Å². The largest absolute Gasteiger partial charge is 0.463 e. The van der Waals surface area contributed by atoms with Gasteiger partial charge in [-0.3, -0.25) is 19.2 Å². The Bertz CT molecular complexity index is 1750. The lowest BCUT2D eigenvalue weighted by atomic mass is 9.46. The molecule has 14 atom stereocenters. The number of hydrogen-bond donors (Lipinski definition) is 3. The summed E-state index contributed by atoms with van der Waals surface area (Å²) in [4.78, 5) is 67.8. The third kappa shape index (κ3) is 5.33. The topological polar surface area (TPSA) is 227 Å². The number of piperazine rings is 1. The van der Waals surface area contributed by atoms with E-state index in [2.05, 4.69) is 20.8 Å². The Kier molecular flexibility index (Phi) is 9.01. The molecule has 3 N–H and O–H groups in total. The number of cyclic esters (lactones) is 1. The molecule has 0 radical (unpaired) electrons. The van der Waals surface area contributed by atoms with E-state index in [-0.39, 0.29) is 112 Å². The van der Waals surface area contributed by atoms with E-state index in [9.17, 15) is 39.3 Å². The Morgan fingerprint density at radius 1 is 0.893 bits per heavy atom. The molecule has 0 bridgehead atoms. The molecule has 9 rings (SSSR count). The molecule has 9 aliphatic rings. The molecule has 0 aromatic heterocycles. The summed E-state index contributed by atoms with van der Waals surface area (Å²) in [6.45, 7) is 8.82. The van der Waals surface area contributed by atoms with Crippen LogP contribution in [-0.2, 0) is 57.1 Å². The molecule has 0 aromatic carbocycles. The first kappa shape index (κ1) is 38.3. The predicted octanol–water partition coefficient (Wildman–Crippen LogP) is -0.496. The van der Waals surface area contributed by atoms with Crippen LogP contribution in [0.5, 0.6) is 0 Å². The number of esters is 3. The Balaban J connectivity index is 0.763. The van der Waals surface area contributed by atoms with Gasteiger partial charge in [0.1, 0.15) is 48.8 Å². The number of amides is 2. The van der Waals surface area contributed by atoms with Gasteiger partial charge in [-0.25, -0.2) is 4.79 Å². The Hall–Kier alpha value is -3.19. The standard InChI is InChI=1S/C39H52N2O15/c1-18(2)37-31(55-37)32-39(56-32)36(4)10-9-20-21(16-51-34(20)49)22(36)15-24-38(39,54-24)35(37)53-28(45)8-6-26(43)41-13-11-40(12-14-41)25(42)5-7-27(44)50-17-23-30(47)29(46)19(3)33(48)52-23/h18-19,22-24,29-33,35,46-48H,5-17H2,1-4H3/t19-,22+,23-,24+,29-,30-,31+,32+,33?,35-,36+,37+,38-,39-/m1/s1. The van der Waals surface area contributed by atoms with E-state index in [0.29, 0.717) is 19.4 Å². The molecule has 17 nitrogen and oxygen atoms in total. The molecule has 7 fully saturated rings. The van der Waals surface area contributed by atoms with E-state index in [1.165, 1.54) is 6.92 Å². The lowest BCUT2D eigenvalue weighted by Gasteiger charge is -2.53. The Morgan fingerprint density at radius 3 is 2.21 bits per heavy atom. The van der Waals surface area contributed by atoms with Gasteiger partial charge >= 0.3 is 17.9 Å². The van der Waals surface area contributed by atoms with Crippen LogP contribution < -0.4 is 0 Å². The number of aliphatic hydroxyl groups is 3. The van der Waals surface area contributed by atoms with Crippen LogP contribution in [0.15, 0.2) is 11.1 Å². The molecule has 5 saturated heterocycles. The van der Waals surface area contributed by atoms with Crippen molar-refractivity contribution < 1.29 is 72.5 Å². The van der Waals surface area contributed by atoms with Gasteiger partial charge in [0.25, 0.3) is 0 Å². The first-order chi connectivity index (χ1) is 26.6. The molecule has 3 aliphatic carbocycles. The first-order valence-corrected chi connectivity index (χ1v) is 20.1. The molecule has 6 aliphatic heterocycles. The monoisotopic (exact) mass is 788 g/mol. The average Bonchev–Trinajstić information content (AvgIpc) is 4.11. The first-order valence-electron chi connectivity index (χ1n) is 20.1. The smallest absolute Gasteiger partial charge is 0.334 e. The maximum atomic E-state index is 13.7. The second kappa shape index (κ2) is 13.2. The van der Waals surface area contributed by atoms with Gasteiger partial charge < -0.3 is 58.3 Å². The second-order valence-electron chi connectivity index (χ2n) is 17.7. The van der Waals surface area contributed by atoms with Gasteiger partial charge in [-0.2, -0.15) is 0 Å². The summed E-state index contributed by atoms with van der Waals surface area (Å²) >= 11 is 0. The number of epoxide rings is 3. The normalized spacial score (nSPS) is 45.3. The number of aliphatic hydroxyl groups excluding tert-OH is 3. The van der Waals surface area contributed by atoms with Crippen molar-refractivity contribution in [2.24, 2.45) is 23.2 Å². The molecule has 2 spiro atoms. The zero-order valence-corrected chi connectivity index (χ0v) is 32.2. The average molecular weight is 789 g/mol. The summed E-state index contributed by atoms with van der Waals surface area (Å²) in [6.07, 6.45) is -4.96. The van der Waals surface area contributed by atoms with Crippen molar-refractivity contribution in [3.63, 3.8) is 0 Å². The number of rotatable bonds is 10. The Labute approximate surface area is 323 Å². The molecule has 56 heavy (non-hydrogen) atoms. The molecule has 0 aromatic rings. The van der Waals surface area contributed by atoms with Crippen LogP contribution in [0.1, 0.15) is 72.6 Å². The van der Waals surface area contributed by atoms with Crippen molar-refractivity contribution in [3.05, 3.63) is 11.1 Å². The third-order valence-corrected chi connectivity index (χ3v) is 14.8. The summed E-state index contributed by atoms with van der Waals surface area (Å²) in [6, 6.07) is 0. The Morgan fingerprint density at radius 2 is 1.55 bits per heavy atom. The summed E-state index contributed by atoms with van der Waals surface area (Å²) in [5.74, 6) is -2.61. The minimum Gasteiger partial charge on any atom is -0.463 e. The fourth-order valence-electron chi connectivity index (χ4n) is 11.4. The van der Waals surface area contributed by atoms with Gasteiger partial charge in [0.05, 0.1) is 25.0 Å². The second-order valence-corrected chi connectivity index (χ2v) is 17.7. The number of fused-ring (bicyclic) bond motifs is 4. The maximum absolute atomic E-state index is 13.7. The highest BCUT2D eigenvalue weighted by molar-refractivity contribution is 5.92. The van der Waals surface area contributed by atoms with Crippen LogP contribution in [0, 0.1) is 23.2 Å². The van der Waals surface area contributed by atoms with Crippen LogP contribution in [-0.4, -0.2) is 160 Å². The van der Waals surface area contributed by atoms with Crippen LogP contribution in [0.25, 0.3) is 0 Å². The third-order valence-electron chi connectivity index (χ3n) is 14.8. The lowest BCUT2D eigenvalue weighted by molar-refractivity contribution is -0.267.